The van der Waals surface area contributed by atoms with Gasteiger partial charge in [0, 0.05) is 0 Å². The molecule has 29 valence electrons. The van der Waals surface area contributed by atoms with Crippen LogP contribution in [0.15, 0.2) is 0 Å². The molecule has 3 heteroatoms. The Morgan fingerprint density at radius 1 is 1.20 bits per heavy atom. The van der Waals surface area contributed by atoms with Crippen molar-refractivity contribution < 1.29 is 36.4 Å². The molecule has 0 aromatic carbocycles. The fourth-order valence-electron chi connectivity index (χ4n) is 0.0962. The van der Waals surface area contributed by atoms with Crippen molar-refractivity contribution in [3.05, 3.63) is 0 Å². The van der Waals surface area contributed by atoms with Crippen LogP contribution in [-0.4, -0.2) is 14.2 Å². The van der Waals surface area contributed by atoms with Crippen molar-refractivity contribution in [1.82, 2.24) is 0 Å². The minimum absolute atomic E-state index is 1.05. The third kappa shape index (κ3) is 5.11. The predicted octanol–water partition coefficient (Wildman–Crippen LogP) is 0.194. The molecule has 0 aromatic heterocycles. The summed E-state index contributed by atoms with van der Waals surface area (Å²) in [6.07, 6.45) is 0. The summed E-state index contributed by atoms with van der Waals surface area (Å²) in [5, 5.41) is 0. The zero-order valence-corrected chi connectivity index (χ0v) is 7.02. The van der Waals surface area contributed by atoms with E-state index in [-0.39, 0.29) is 0 Å². The molecular formula is C2H6LaO2. The molecule has 0 N–H and O–H groups in total. The Bertz CT molecular complexity index is 15.1. The summed E-state index contributed by atoms with van der Waals surface area (Å²) >= 11 is -1.05. The first-order chi connectivity index (χ1) is 2.41. The van der Waals surface area contributed by atoms with Crippen LogP contribution in [0.3, 0.4) is 0 Å². The van der Waals surface area contributed by atoms with Crippen LogP contribution < -0.4 is 0 Å². The molecular weight excluding hydrogens is 195 g/mol. The average Bonchev–Trinajstić information content (AvgIpc) is 1.41. The SMILES string of the molecule is C[O][La][O]C. The number of hydrogen-bond acceptors (Lipinski definition) is 2. The molecule has 0 saturated carbocycles. The topological polar surface area (TPSA) is 18.5 Å². The van der Waals surface area contributed by atoms with Gasteiger partial charge in [0.1, 0.15) is 0 Å². The predicted molar refractivity (Wildman–Crippen MR) is 14.0 cm³/mol. The third-order valence-electron chi connectivity index (χ3n) is 0.192. The van der Waals surface area contributed by atoms with Gasteiger partial charge in [-0.1, -0.05) is 0 Å². The Morgan fingerprint density at radius 3 is 1.60 bits per heavy atom. The zero-order chi connectivity index (χ0) is 4.12. The van der Waals surface area contributed by atoms with Crippen molar-refractivity contribution in [2.75, 3.05) is 14.2 Å². The molecule has 0 spiro atoms. The second-order valence-corrected chi connectivity index (χ2v) is 4.13. The van der Waals surface area contributed by atoms with Crippen LogP contribution >= 0.6 is 0 Å². The molecule has 0 aliphatic carbocycles. The van der Waals surface area contributed by atoms with Gasteiger partial charge in [0.05, 0.1) is 0 Å². The molecule has 5 heavy (non-hydrogen) atoms. The Kier molecular flexibility index (Phi) is 6.26. The summed E-state index contributed by atoms with van der Waals surface area (Å²) in [6.45, 7) is 0. The van der Waals surface area contributed by atoms with Crippen LogP contribution in [0.1, 0.15) is 0 Å². The van der Waals surface area contributed by atoms with E-state index in [1.807, 2.05) is 0 Å². The average molecular weight is 201 g/mol. The standard InChI is InChI=1S/2CH3O.La/c2*1-2;/h2*1H3;/q2*-1;+2. The Labute approximate surface area is 50.3 Å². The van der Waals surface area contributed by atoms with Crippen LogP contribution in [0.4, 0.5) is 0 Å². The fraction of sp³-hybridized carbons (Fsp3) is 1.00. The fourth-order valence-corrected chi connectivity index (χ4v) is 0.701. The second-order valence-electron chi connectivity index (χ2n) is 0.568. The van der Waals surface area contributed by atoms with Gasteiger partial charge in [-0.05, 0) is 0 Å². The van der Waals surface area contributed by atoms with E-state index in [0.29, 0.717) is 0 Å². The van der Waals surface area contributed by atoms with Gasteiger partial charge < -0.3 is 0 Å². The van der Waals surface area contributed by atoms with Crippen molar-refractivity contribution in [2.45, 2.75) is 0 Å². The monoisotopic (exact) mass is 201 g/mol. The molecule has 0 unspecified atom stereocenters. The van der Waals surface area contributed by atoms with Crippen LogP contribution in [0.25, 0.3) is 0 Å². The molecule has 0 atom stereocenters. The first-order valence-electron chi connectivity index (χ1n) is 1.29. The van der Waals surface area contributed by atoms with E-state index in [0.717, 1.165) is 0 Å². The van der Waals surface area contributed by atoms with Crippen LogP contribution in [0.2, 0.25) is 0 Å². The van der Waals surface area contributed by atoms with E-state index in [1.165, 1.54) is 0 Å². The molecule has 0 aliphatic heterocycles. The first-order valence-corrected chi connectivity index (χ1v) is 4.25. The second kappa shape index (κ2) is 5.11. The number of rotatable bonds is 2. The van der Waals surface area contributed by atoms with Crippen molar-refractivity contribution in [3.8, 4) is 0 Å². The molecule has 0 amide bonds. The van der Waals surface area contributed by atoms with Gasteiger partial charge in [0.15, 0.2) is 0 Å². The molecule has 0 rings (SSSR count). The van der Waals surface area contributed by atoms with E-state index < -0.39 is 32.9 Å². The zero-order valence-electron chi connectivity index (χ0n) is 3.39. The third-order valence-corrected chi connectivity index (χ3v) is 1.40. The molecule has 2 nitrogen and oxygen atoms in total. The summed E-state index contributed by atoms with van der Waals surface area (Å²) in [7, 11) is 3.36. The Morgan fingerprint density at radius 2 is 1.60 bits per heavy atom. The maximum absolute atomic E-state index is 4.68. The number of hydrogen-bond donors (Lipinski definition) is 0. The molecule has 0 fully saturated rings. The Hall–Kier alpha value is 1.11. The van der Waals surface area contributed by atoms with E-state index >= 15 is 0 Å². The van der Waals surface area contributed by atoms with Crippen LogP contribution in [0, 0.1) is 32.9 Å². The van der Waals surface area contributed by atoms with Gasteiger partial charge >= 0.3 is 50.6 Å². The van der Waals surface area contributed by atoms with Gasteiger partial charge in [-0.25, -0.2) is 0 Å². The summed E-state index contributed by atoms with van der Waals surface area (Å²) in [5.74, 6) is 0. The summed E-state index contributed by atoms with van der Waals surface area (Å²) < 4.78 is 9.35. The first kappa shape index (κ1) is 6.11. The Balaban J connectivity index is 2.19. The molecule has 0 radical (unpaired) electrons. The van der Waals surface area contributed by atoms with Crippen molar-refractivity contribution >= 4 is 0 Å². The molecule has 0 saturated heterocycles. The van der Waals surface area contributed by atoms with Crippen molar-refractivity contribution in [1.29, 1.82) is 0 Å². The molecule has 0 bridgehead atoms. The molecule has 0 heterocycles. The molecule has 0 aromatic rings. The normalized spacial score (nSPS) is 6.80. The van der Waals surface area contributed by atoms with E-state index in [4.69, 9.17) is 0 Å². The molecule has 0 aliphatic rings. The minimum atomic E-state index is -1.05. The van der Waals surface area contributed by atoms with Crippen LogP contribution in [0.5, 0.6) is 0 Å². The van der Waals surface area contributed by atoms with Gasteiger partial charge in [-0.3, -0.25) is 0 Å². The van der Waals surface area contributed by atoms with E-state index in [1.54, 1.807) is 14.2 Å². The summed E-state index contributed by atoms with van der Waals surface area (Å²) in [4.78, 5) is 0. The quantitative estimate of drug-likeness (QED) is 0.635. The summed E-state index contributed by atoms with van der Waals surface area (Å²) in [5.41, 5.74) is 0. The summed E-state index contributed by atoms with van der Waals surface area (Å²) in [6, 6.07) is 0. The van der Waals surface area contributed by atoms with Gasteiger partial charge in [-0.2, -0.15) is 0 Å². The van der Waals surface area contributed by atoms with Gasteiger partial charge in [-0.15, -0.1) is 0 Å². The van der Waals surface area contributed by atoms with E-state index in [2.05, 4.69) is 3.41 Å². The van der Waals surface area contributed by atoms with Crippen LogP contribution in [-0.2, 0) is 3.41 Å². The van der Waals surface area contributed by atoms with E-state index in [9.17, 15) is 0 Å². The van der Waals surface area contributed by atoms with Gasteiger partial charge in [0.25, 0.3) is 0 Å². The van der Waals surface area contributed by atoms with Crippen molar-refractivity contribution in [2.24, 2.45) is 0 Å². The van der Waals surface area contributed by atoms with Gasteiger partial charge in [0.2, 0.25) is 0 Å². The maximum atomic E-state index is 4.68. The van der Waals surface area contributed by atoms with Crippen molar-refractivity contribution in [3.63, 3.8) is 0 Å².